The van der Waals surface area contributed by atoms with Crippen LogP contribution in [0.3, 0.4) is 0 Å². The zero-order chi connectivity index (χ0) is 82.7. The van der Waals surface area contributed by atoms with Crippen molar-refractivity contribution in [2.24, 2.45) is 7.05 Å². The summed E-state index contributed by atoms with van der Waals surface area (Å²) in [6.07, 6.45) is 35.8. The van der Waals surface area contributed by atoms with Gasteiger partial charge in [-0.2, -0.15) is 10.2 Å². The van der Waals surface area contributed by atoms with Gasteiger partial charge >= 0.3 is 0 Å². The van der Waals surface area contributed by atoms with Crippen LogP contribution in [0.2, 0.25) is 0 Å². The fourth-order valence-corrected chi connectivity index (χ4v) is 16.0. The van der Waals surface area contributed by atoms with Gasteiger partial charge in [0.15, 0.2) is 5.78 Å². The number of hydrogen-bond donors (Lipinski definition) is 1. The van der Waals surface area contributed by atoms with E-state index in [-0.39, 0.29) is 5.78 Å². The third kappa shape index (κ3) is 17.9. The Kier molecular flexibility index (Phi) is 23.2. The van der Waals surface area contributed by atoms with E-state index in [1.807, 2.05) is 140 Å². The minimum atomic E-state index is 0.0685. The number of Topliss-reactive ketones (excluding diaryl/α,β-unsaturated/α-hetero) is 1. The first-order valence-electron chi connectivity index (χ1n) is 41.5. The zero-order valence-electron chi connectivity index (χ0n) is 68.7. The van der Waals surface area contributed by atoms with Gasteiger partial charge in [-0.05, 0) is 286 Å². The average Bonchev–Trinajstić information content (AvgIpc) is 1.64. The van der Waals surface area contributed by atoms with Crippen molar-refractivity contribution in [1.29, 1.82) is 0 Å². The molecule has 10 aromatic heterocycles. The van der Waals surface area contributed by atoms with Gasteiger partial charge in [0.05, 0.1) is 80.1 Å². The van der Waals surface area contributed by atoms with Crippen LogP contribution in [0.1, 0.15) is 78.1 Å². The highest BCUT2D eigenvalue weighted by Gasteiger charge is 2.17. The van der Waals surface area contributed by atoms with Crippen molar-refractivity contribution >= 4 is 61.0 Å². The number of nitrogens with one attached hydrogen (secondary N) is 1. The number of fused-ring (bicyclic) bond motifs is 5. The van der Waals surface area contributed by atoms with E-state index < -0.39 is 0 Å². The smallest absolute Gasteiger partial charge is 0.159 e. The molecule has 122 heavy (non-hydrogen) atoms. The van der Waals surface area contributed by atoms with Crippen LogP contribution in [-0.2, 0) is 20.1 Å². The minimum Gasteiger partial charge on any atom is -0.472 e. The molecule has 602 valence electrons. The van der Waals surface area contributed by atoms with Crippen molar-refractivity contribution in [3.05, 3.63) is 364 Å². The predicted molar refractivity (Wildman–Crippen MR) is 487 cm³/mol. The van der Waals surface area contributed by atoms with Gasteiger partial charge in [-0.1, -0.05) is 103 Å². The molecular weight excluding hydrogens is 1510 g/mol. The summed E-state index contributed by atoms with van der Waals surface area (Å²) in [6.45, 7) is 12.8. The molecule has 0 saturated carbocycles. The summed E-state index contributed by atoms with van der Waals surface area (Å²) in [5, 5.41) is 11.1. The van der Waals surface area contributed by atoms with Crippen LogP contribution in [-0.4, -0.2) is 119 Å². The van der Waals surface area contributed by atoms with Crippen molar-refractivity contribution < 1.29 is 9.21 Å². The number of hydrogen-bond acceptors (Lipinski definition) is 13. The van der Waals surface area contributed by atoms with E-state index >= 15 is 0 Å². The molecule has 0 unspecified atom stereocenters. The molecule has 1 N–H and O–H groups in total. The van der Waals surface area contributed by atoms with Crippen molar-refractivity contribution in [3.8, 4) is 84.1 Å². The first-order valence-corrected chi connectivity index (χ1v) is 41.5. The highest BCUT2D eigenvalue weighted by Crippen LogP contribution is 2.33. The summed E-state index contributed by atoms with van der Waals surface area (Å²) in [7, 11) is 1.94. The molecule has 22 rings (SSSR count). The second-order valence-electron chi connectivity index (χ2n) is 31.2. The number of likely N-dealkylation sites (tertiary alicyclic amines) is 2. The van der Waals surface area contributed by atoms with Crippen molar-refractivity contribution in [3.63, 3.8) is 0 Å². The highest BCUT2D eigenvalue weighted by molar-refractivity contribution is 5.94. The third-order valence-corrected chi connectivity index (χ3v) is 22.8. The molecule has 2 aliphatic heterocycles. The van der Waals surface area contributed by atoms with Crippen LogP contribution in [0.25, 0.3) is 139 Å². The summed E-state index contributed by atoms with van der Waals surface area (Å²) >= 11 is 0. The quantitative estimate of drug-likeness (QED) is 0.0952. The van der Waals surface area contributed by atoms with Crippen LogP contribution in [0, 0.1) is 13.8 Å². The number of pyridine rings is 2. The molecule has 0 amide bonds. The number of carbonyl (C=O) groups excluding carboxylic acids is 1. The molecular formula is C102H92N18O2. The van der Waals surface area contributed by atoms with Crippen LogP contribution >= 0.6 is 0 Å². The van der Waals surface area contributed by atoms with Crippen LogP contribution in [0.5, 0.6) is 0 Å². The number of aromatic nitrogens is 16. The second-order valence-corrected chi connectivity index (χ2v) is 31.2. The maximum atomic E-state index is 11.4. The number of aromatic amines is 1. The molecule has 0 radical (unpaired) electrons. The van der Waals surface area contributed by atoms with E-state index in [9.17, 15) is 4.79 Å². The number of nitrogens with zero attached hydrogens (tertiary/aromatic N) is 17. The first kappa shape index (κ1) is 78.3. The number of furan rings is 1. The Morgan fingerprint density at radius 3 is 1.12 bits per heavy atom. The lowest BCUT2D eigenvalue weighted by Gasteiger charge is -2.26. The Bertz CT molecular complexity index is 6870. The van der Waals surface area contributed by atoms with Crippen LogP contribution in [0.15, 0.2) is 341 Å². The Balaban J connectivity index is 0.000000105. The lowest BCUT2D eigenvalue weighted by molar-refractivity contribution is 0.101. The number of rotatable bonds is 15. The number of H-pyrrole nitrogens is 1. The van der Waals surface area contributed by atoms with E-state index in [4.69, 9.17) is 4.42 Å². The van der Waals surface area contributed by atoms with Crippen molar-refractivity contribution in [2.75, 3.05) is 26.2 Å². The molecule has 10 aromatic carbocycles. The van der Waals surface area contributed by atoms with Crippen molar-refractivity contribution in [1.82, 2.24) is 87.5 Å². The number of aryl methyl sites for hydroxylation is 3. The Labute approximate surface area is 707 Å². The second kappa shape index (κ2) is 36.2. The lowest BCUT2D eigenvalue weighted by Crippen LogP contribution is -2.29. The standard InChI is InChI=1S/C23H25N5.C23H23N3O.C20H15N3O.C19H15N3.C17H14N4/c1-26-16-20(14-25-26)19-7-10-22-23(13-19)28(17-24-22)21-8-5-18(6-9-21)15-27-11-3-2-4-12-27;1-2-11-25(12-3-1)15-18-4-7-21(8-5-18)26-17-24-22-9-6-19(14-23(22)26)20-10-13-27-16-20;1-14(24)15-2-5-18(6-3-15)23-13-22-19-12-17(4-7-20(19)23)16-8-10-21-11-9-16;1-14-2-5-17(6-3-14)22-13-21-18-12-16(4-7-19(18)22)15-8-10-20-11-9-15;1-12-2-5-15(6-3-12)21-11-18-16-8-13(4-7-17(16)21)14-9-19-20-10-14/h5-10,13-14,16-17H,2-4,11-12,15H2,1H3;4-10,13-14,16-17H,1-3,11-12,15H2;2-13H,1H3;2-13H,1H3;2-11H,1H3,(H,19,20). The van der Waals surface area contributed by atoms with E-state index in [1.54, 1.807) is 31.8 Å². The molecule has 0 spiro atoms. The first-order chi connectivity index (χ1) is 60.0. The topological polar surface area (TPSA) is 198 Å². The molecule has 20 nitrogen and oxygen atoms in total. The third-order valence-electron chi connectivity index (χ3n) is 22.8. The SMILES string of the molecule is CC(=O)c1ccc(-n2cnc3cc(-c4ccncc4)ccc32)cc1.Cc1ccc(-n2cnc3cc(-c4ccncc4)ccc32)cc1.Cc1ccc(-n2cnc3cc(-c4cn[nH]c4)ccc32)cc1.Cn1cc(-c2ccc3ncn(-c4ccc(CN5CCCCC5)cc4)c3c2)cn1.c1cc(-c2ccc3ncn(-c4ccc(CN5CCCCC5)cc4)c3c2)co1. The molecule has 20 aromatic rings. The lowest BCUT2D eigenvalue weighted by atomic mass is 10.1. The van der Waals surface area contributed by atoms with E-state index in [1.165, 1.54) is 87.0 Å². The van der Waals surface area contributed by atoms with E-state index in [0.29, 0.717) is 5.56 Å². The van der Waals surface area contributed by atoms with Crippen LogP contribution in [0.4, 0.5) is 0 Å². The summed E-state index contributed by atoms with van der Waals surface area (Å²) < 4.78 is 17.6. The molecule has 0 bridgehead atoms. The largest absolute Gasteiger partial charge is 0.472 e. The summed E-state index contributed by atoms with van der Waals surface area (Å²) in [6, 6.07) is 83.9. The van der Waals surface area contributed by atoms with Crippen molar-refractivity contribution in [2.45, 2.75) is 72.4 Å². The summed E-state index contributed by atoms with van der Waals surface area (Å²) in [5.74, 6) is 0.0685. The Morgan fingerprint density at radius 1 is 0.361 bits per heavy atom. The molecule has 12 heterocycles. The molecule has 2 saturated heterocycles. The minimum absolute atomic E-state index is 0.0685. The molecule has 20 heteroatoms. The van der Waals surface area contributed by atoms with Gasteiger partial charge in [-0.3, -0.25) is 57.2 Å². The fourth-order valence-electron chi connectivity index (χ4n) is 16.0. The monoisotopic (exact) mass is 1600 g/mol. The average molecular weight is 1600 g/mol. The number of imidazole rings is 5. The maximum Gasteiger partial charge on any atom is 0.159 e. The predicted octanol–water partition coefficient (Wildman–Crippen LogP) is 22.1. The summed E-state index contributed by atoms with van der Waals surface area (Å²) in [4.78, 5) is 47.4. The fraction of sp³-hybridized carbons (Fsp3) is 0.157. The molecule has 0 atom stereocenters. The normalized spacial score (nSPS) is 13.0. The zero-order valence-corrected chi connectivity index (χ0v) is 68.7. The molecule has 0 aliphatic carbocycles. The Hall–Kier alpha value is -14.9. The van der Waals surface area contributed by atoms with Gasteiger partial charge in [-0.25, -0.2) is 24.9 Å². The van der Waals surface area contributed by atoms with Gasteiger partial charge in [-0.15, -0.1) is 0 Å². The molecule has 2 aliphatic rings. The number of piperidine rings is 2. The van der Waals surface area contributed by atoms with Gasteiger partial charge < -0.3 is 4.42 Å². The Morgan fingerprint density at radius 2 is 0.738 bits per heavy atom. The van der Waals surface area contributed by atoms with Gasteiger partial charge in [0, 0.05) is 108 Å². The number of ketones is 1. The number of benzene rings is 10. The summed E-state index contributed by atoms with van der Waals surface area (Å²) in [5.41, 5.74) is 33.1. The van der Waals surface area contributed by atoms with Gasteiger partial charge in [0.2, 0.25) is 0 Å². The van der Waals surface area contributed by atoms with Crippen LogP contribution < -0.4 is 0 Å². The van der Waals surface area contributed by atoms with E-state index in [0.717, 1.165) is 152 Å². The maximum absolute atomic E-state index is 11.4. The van der Waals surface area contributed by atoms with E-state index in [2.05, 4.69) is 280 Å². The number of carbonyl (C=O) groups is 1. The van der Waals surface area contributed by atoms with Gasteiger partial charge in [0.25, 0.3) is 0 Å². The highest BCUT2D eigenvalue weighted by atomic mass is 16.3. The van der Waals surface area contributed by atoms with Gasteiger partial charge in [0.1, 0.15) is 31.6 Å². The molecule has 2 fully saturated rings.